The maximum atomic E-state index is 11.8. The average Bonchev–Trinajstić information content (AvgIpc) is 2.74. The lowest BCUT2D eigenvalue weighted by atomic mass is 9.89. The third-order valence-corrected chi connectivity index (χ3v) is 3.78. The molecule has 0 unspecified atom stereocenters. The van der Waals surface area contributed by atoms with Gasteiger partial charge in [0.2, 0.25) is 0 Å². The summed E-state index contributed by atoms with van der Waals surface area (Å²) in [4.78, 5) is 13.6. The Kier molecular flexibility index (Phi) is 4.04. The molecule has 16 heavy (non-hydrogen) atoms. The summed E-state index contributed by atoms with van der Waals surface area (Å²) in [5.74, 6) is 0.703. The summed E-state index contributed by atoms with van der Waals surface area (Å²) in [6.07, 6.45) is 7.52. The van der Waals surface area contributed by atoms with Crippen molar-refractivity contribution in [3.8, 4) is 0 Å². The molecule has 1 aliphatic carbocycles. The molecule has 92 valence electrons. The molecule has 0 bridgehead atoms. The van der Waals surface area contributed by atoms with Gasteiger partial charge in [-0.05, 0) is 25.2 Å². The van der Waals surface area contributed by atoms with E-state index in [0.717, 1.165) is 26.1 Å². The number of nitrogens with two attached hydrogens (primary N) is 1. The van der Waals surface area contributed by atoms with Gasteiger partial charge in [-0.25, -0.2) is 4.79 Å². The largest absolute Gasteiger partial charge is 0.338 e. The summed E-state index contributed by atoms with van der Waals surface area (Å²) in [5, 5.41) is 3.05. The van der Waals surface area contributed by atoms with Gasteiger partial charge in [0.25, 0.3) is 0 Å². The fourth-order valence-electron chi connectivity index (χ4n) is 2.71. The maximum Gasteiger partial charge on any atom is 0.317 e. The van der Waals surface area contributed by atoms with Gasteiger partial charge in [-0.2, -0.15) is 0 Å². The van der Waals surface area contributed by atoms with Gasteiger partial charge in [-0.15, -0.1) is 0 Å². The normalized spacial score (nSPS) is 27.1. The molecule has 2 aliphatic rings. The van der Waals surface area contributed by atoms with E-state index in [0.29, 0.717) is 5.92 Å². The van der Waals surface area contributed by atoms with Crippen LogP contribution in [-0.2, 0) is 0 Å². The summed E-state index contributed by atoms with van der Waals surface area (Å²) in [7, 11) is 0. The molecular formula is C12H23N3O. The third-order valence-electron chi connectivity index (χ3n) is 3.78. The fraction of sp³-hybridized carbons (Fsp3) is 0.917. The second-order valence-corrected chi connectivity index (χ2v) is 5.18. The number of urea groups is 1. The fourth-order valence-corrected chi connectivity index (χ4v) is 2.71. The summed E-state index contributed by atoms with van der Waals surface area (Å²) >= 11 is 0. The highest BCUT2D eigenvalue weighted by molar-refractivity contribution is 5.74. The zero-order valence-electron chi connectivity index (χ0n) is 9.95. The molecule has 4 nitrogen and oxygen atoms in total. The molecule has 0 aromatic rings. The van der Waals surface area contributed by atoms with Crippen LogP contribution in [0.4, 0.5) is 4.79 Å². The quantitative estimate of drug-likeness (QED) is 0.744. The summed E-state index contributed by atoms with van der Waals surface area (Å²) in [5.41, 5.74) is 5.78. The van der Waals surface area contributed by atoms with Crippen LogP contribution in [0.15, 0.2) is 0 Å². The van der Waals surface area contributed by atoms with Crippen molar-refractivity contribution in [2.24, 2.45) is 11.7 Å². The lowest BCUT2D eigenvalue weighted by molar-refractivity contribution is 0.204. The van der Waals surface area contributed by atoms with Gasteiger partial charge in [-0.1, -0.05) is 19.3 Å². The number of amides is 2. The molecule has 0 spiro atoms. The predicted octanol–water partition coefficient (Wildman–Crippen LogP) is 1.31. The number of nitrogens with one attached hydrogen (secondary N) is 1. The van der Waals surface area contributed by atoms with Gasteiger partial charge in [0.15, 0.2) is 0 Å². The van der Waals surface area contributed by atoms with Gasteiger partial charge in [-0.3, -0.25) is 0 Å². The van der Waals surface area contributed by atoms with E-state index in [-0.39, 0.29) is 12.1 Å². The highest BCUT2D eigenvalue weighted by atomic mass is 16.2. The third kappa shape index (κ3) is 3.11. The molecule has 0 radical (unpaired) electrons. The lowest BCUT2D eigenvalue weighted by Gasteiger charge is -2.23. The van der Waals surface area contributed by atoms with Crippen LogP contribution in [0, 0.1) is 5.92 Å². The minimum atomic E-state index is 0.0820. The van der Waals surface area contributed by atoms with E-state index in [1.165, 1.54) is 32.1 Å². The van der Waals surface area contributed by atoms with Gasteiger partial charge in [0, 0.05) is 25.7 Å². The number of carbonyl (C=O) groups is 1. The van der Waals surface area contributed by atoms with Crippen LogP contribution in [0.3, 0.4) is 0 Å². The maximum absolute atomic E-state index is 11.8. The van der Waals surface area contributed by atoms with Crippen molar-refractivity contribution in [2.75, 3.05) is 19.6 Å². The number of likely N-dealkylation sites (tertiary alicyclic amines) is 1. The molecule has 2 amide bonds. The first-order valence-corrected chi connectivity index (χ1v) is 6.54. The molecular weight excluding hydrogens is 202 g/mol. The Morgan fingerprint density at radius 2 is 2.00 bits per heavy atom. The monoisotopic (exact) mass is 225 g/mol. The Balaban J connectivity index is 1.67. The standard InChI is InChI=1S/C12H23N3O/c13-11-6-7-15(9-11)12(16)14-8-10-4-2-1-3-5-10/h10-11H,1-9,13H2,(H,14,16)/t11-/m1/s1. The van der Waals surface area contributed by atoms with Crippen molar-refractivity contribution in [3.63, 3.8) is 0 Å². The summed E-state index contributed by atoms with van der Waals surface area (Å²) < 4.78 is 0. The number of hydrogen-bond donors (Lipinski definition) is 2. The van der Waals surface area contributed by atoms with E-state index in [1.54, 1.807) is 0 Å². The second kappa shape index (κ2) is 5.53. The predicted molar refractivity (Wildman–Crippen MR) is 64.1 cm³/mol. The van der Waals surface area contributed by atoms with Crippen molar-refractivity contribution in [1.82, 2.24) is 10.2 Å². The van der Waals surface area contributed by atoms with E-state index in [2.05, 4.69) is 5.32 Å². The van der Waals surface area contributed by atoms with Gasteiger partial charge < -0.3 is 16.0 Å². The first-order valence-electron chi connectivity index (χ1n) is 6.54. The van der Waals surface area contributed by atoms with E-state index >= 15 is 0 Å². The molecule has 1 saturated heterocycles. The SMILES string of the molecule is N[C@@H]1CCN(C(=O)NCC2CCCCC2)C1. The number of nitrogens with zero attached hydrogens (tertiary/aromatic N) is 1. The Labute approximate surface area is 97.6 Å². The number of carbonyl (C=O) groups excluding carboxylic acids is 1. The van der Waals surface area contributed by atoms with Crippen molar-refractivity contribution in [2.45, 2.75) is 44.6 Å². The summed E-state index contributed by atoms with van der Waals surface area (Å²) in [6.45, 7) is 2.39. The van der Waals surface area contributed by atoms with Crippen LogP contribution in [-0.4, -0.2) is 36.6 Å². The smallest absolute Gasteiger partial charge is 0.317 e. The molecule has 1 aliphatic heterocycles. The topological polar surface area (TPSA) is 58.4 Å². The van der Waals surface area contributed by atoms with Crippen LogP contribution in [0.25, 0.3) is 0 Å². The molecule has 1 saturated carbocycles. The zero-order chi connectivity index (χ0) is 11.4. The van der Waals surface area contributed by atoms with Crippen molar-refractivity contribution in [1.29, 1.82) is 0 Å². The van der Waals surface area contributed by atoms with Crippen LogP contribution < -0.4 is 11.1 Å². The number of hydrogen-bond acceptors (Lipinski definition) is 2. The van der Waals surface area contributed by atoms with Gasteiger partial charge in [0.05, 0.1) is 0 Å². The van der Waals surface area contributed by atoms with Gasteiger partial charge >= 0.3 is 6.03 Å². The minimum absolute atomic E-state index is 0.0820. The molecule has 3 N–H and O–H groups in total. The Hall–Kier alpha value is -0.770. The van der Waals surface area contributed by atoms with E-state index in [9.17, 15) is 4.79 Å². The Bertz CT molecular complexity index is 238. The second-order valence-electron chi connectivity index (χ2n) is 5.18. The molecule has 4 heteroatoms. The Morgan fingerprint density at radius 1 is 1.25 bits per heavy atom. The first-order chi connectivity index (χ1) is 7.75. The van der Waals surface area contributed by atoms with E-state index in [1.807, 2.05) is 4.90 Å². The van der Waals surface area contributed by atoms with E-state index < -0.39 is 0 Å². The van der Waals surface area contributed by atoms with Gasteiger partial charge in [0.1, 0.15) is 0 Å². The van der Waals surface area contributed by atoms with Crippen LogP contribution >= 0.6 is 0 Å². The summed E-state index contributed by atoms with van der Waals surface area (Å²) in [6, 6.07) is 0.263. The molecule has 1 heterocycles. The van der Waals surface area contributed by atoms with Crippen LogP contribution in [0.5, 0.6) is 0 Å². The van der Waals surface area contributed by atoms with Crippen LogP contribution in [0.1, 0.15) is 38.5 Å². The van der Waals surface area contributed by atoms with Crippen molar-refractivity contribution >= 4 is 6.03 Å². The first kappa shape index (κ1) is 11.7. The van der Waals surface area contributed by atoms with Crippen molar-refractivity contribution < 1.29 is 4.79 Å². The lowest BCUT2D eigenvalue weighted by Crippen LogP contribution is -2.41. The Morgan fingerprint density at radius 3 is 2.62 bits per heavy atom. The van der Waals surface area contributed by atoms with Crippen molar-refractivity contribution in [3.05, 3.63) is 0 Å². The number of rotatable bonds is 2. The molecule has 0 aromatic heterocycles. The van der Waals surface area contributed by atoms with Crippen LogP contribution in [0.2, 0.25) is 0 Å². The minimum Gasteiger partial charge on any atom is -0.338 e. The van der Waals surface area contributed by atoms with E-state index in [4.69, 9.17) is 5.73 Å². The average molecular weight is 225 g/mol. The zero-order valence-corrected chi connectivity index (χ0v) is 9.95. The highest BCUT2D eigenvalue weighted by Crippen LogP contribution is 2.22. The molecule has 0 aromatic carbocycles. The molecule has 1 atom stereocenters. The highest BCUT2D eigenvalue weighted by Gasteiger charge is 2.24. The molecule has 2 fully saturated rings. The molecule has 2 rings (SSSR count).